The molecule has 0 aliphatic heterocycles. The lowest BCUT2D eigenvalue weighted by atomic mass is 9.92. The van der Waals surface area contributed by atoms with Gasteiger partial charge in [0.2, 0.25) is 0 Å². The first-order chi connectivity index (χ1) is 16.3. The third-order valence-electron chi connectivity index (χ3n) is 5.48. The summed E-state index contributed by atoms with van der Waals surface area (Å²) in [6, 6.07) is 10.6. The fraction of sp³-hybridized carbons (Fsp3) is 0.304. The van der Waals surface area contributed by atoms with E-state index in [4.69, 9.17) is 11.6 Å². The van der Waals surface area contributed by atoms with E-state index in [2.05, 4.69) is 20.4 Å². The molecule has 0 fully saturated rings. The van der Waals surface area contributed by atoms with Gasteiger partial charge in [0.1, 0.15) is 29.9 Å². The summed E-state index contributed by atoms with van der Waals surface area (Å²) in [6.45, 7) is 3.37. The van der Waals surface area contributed by atoms with Gasteiger partial charge in [-0.25, -0.2) is 23.1 Å². The van der Waals surface area contributed by atoms with E-state index in [-0.39, 0.29) is 18.7 Å². The van der Waals surface area contributed by atoms with Crippen molar-refractivity contribution in [3.63, 3.8) is 0 Å². The third kappa shape index (κ3) is 5.82. The van der Waals surface area contributed by atoms with Gasteiger partial charge >= 0.3 is 0 Å². The van der Waals surface area contributed by atoms with Crippen LogP contribution < -0.4 is 0 Å². The highest BCUT2D eigenvalue weighted by Gasteiger charge is 2.35. The topological polar surface area (TPSA) is 84.9 Å². The highest BCUT2D eigenvalue weighted by molar-refractivity contribution is 6.30. The molecule has 1 unspecified atom stereocenters. The Kier molecular flexibility index (Phi) is 7.30. The van der Waals surface area contributed by atoms with Gasteiger partial charge < -0.3 is 5.11 Å². The fourth-order valence-electron chi connectivity index (χ4n) is 3.81. The zero-order valence-electron chi connectivity index (χ0n) is 18.5. The van der Waals surface area contributed by atoms with E-state index in [1.165, 1.54) is 23.4 Å². The molecule has 2 heterocycles. The van der Waals surface area contributed by atoms with Gasteiger partial charge in [-0.1, -0.05) is 41.9 Å². The molecule has 4 rings (SSSR count). The number of likely N-dealkylation sites (N-methyl/N-ethyl adjacent to an activating group) is 1. The van der Waals surface area contributed by atoms with Crippen molar-refractivity contribution in [2.45, 2.75) is 32.2 Å². The Hall–Kier alpha value is -3.21. The van der Waals surface area contributed by atoms with Crippen LogP contribution in [0.3, 0.4) is 0 Å². The third-order valence-corrected chi connectivity index (χ3v) is 5.74. The summed E-state index contributed by atoms with van der Waals surface area (Å²) in [6.07, 6.45) is 4.59. The highest BCUT2D eigenvalue weighted by Crippen LogP contribution is 2.28. The summed E-state index contributed by atoms with van der Waals surface area (Å²) in [5.74, 6) is -1.54. The average Bonchev–Trinajstić information content (AvgIpc) is 3.46. The maximum atomic E-state index is 14.7. The number of nitrogens with zero attached hydrogens (tertiary/aromatic N) is 7. The molecular weight excluding hydrogens is 464 g/mol. The molecule has 2 aromatic carbocycles. The summed E-state index contributed by atoms with van der Waals surface area (Å²) < 4.78 is 31.3. The first-order valence-electron chi connectivity index (χ1n) is 10.7. The van der Waals surface area contributed by atoms with Gasteiger partial charge in [0.15, 0.2) is 0 Å². The molecule has 0 saturated heterocycles. The summed E-state index contributed by atoms with van der Waals surface area (Å²) in [5, 5.41) is 24.7. The van der Waals surface area contributed by atoms with Crippen molar-refractivity contribution in [2.24, 2.45) is 0 Å². The molecule has 0 bridgehead atoms. The molecule has 2 aromatic heterocycles. The van der Waals surface area contributed by atoms with Crippen molar-refractivity contribution in [3.05, 3.63) is 94.8 Å². The second-order valence-corrected chi connectivity index (χ2v) is 8.52. The monoisotopic (exact) mass is 487 g/mol. The van der Waals surface area contributed by atoms with Gasteiger partial charge in [0.25, 0.3) is 0 Å². The Morgan fingerprint density at radius 1 is 1.12 bits per heavy atom. The SMILES string of the molecule is CCN(Cc1cn(Cc2ccc(Cl)cc2)nn1)CC(O)(Cn1cncn1)c1ccc(F)cc1F. The zero-order chi connectivity index (χ0) is 24.1. The molecule has 4 aromatic rings. The molecule has 178 valence electrons. The van der Waals surface area contributed by atoms with Crippen LogP contribution in [0.25, 0.3) is 0 Å². The lowest BCUT2D eigenvalue weighted by Gasteiger charge is -2.34. The fourth-order valence-corrected chi connectivity index (χ4v) is 3.94. The molecule has 0 radical (unpaired) electrons. The van der Waals surface area contributed by atoms with Crippen LogP contribution in [0, 0.1) is 11.6 Å². The minimum absolute atomic E-state index is 0.0192. The van der Waals surface area contributed by atoms with Crippen molar-refractivity contribution in [1.29, 1.82) is 0 Å². The Morgan fingerprint density at radius 3 is 2.59 bits per heavy atom. The average molecular weight is 488 g/mol. The highest BCUT2D eigenvalue weighted by atomic mass is 35.5. The summed E-state index contributed by atoms with van der Waals surface area (Å²) in [4.78, 5) is 5.80. The van der Waals surface area contributed by atoms with Crippen LogP contribution in [0.2, 0.25) is 5.02 Å². The lowest BCUT2D eigenvalue weighted by Crippen LogP contribution is -2.44. The van der Waals surface area contributed by atoms with Crippen LogP contribution in [0.5, 0.6) is 0 Å². The van der Waals surface area contributed by atoms with Crippen LogP contribution in [0.15, 0.2) is 61.3 Å². The second kappa shape index (κ2) is 10.4. The van der Waals surface area contributed by atoms with Gasteiger partial charge in [0.05, 0.1) is 25.0 Å². The summed E-state index contributed by atoms with van der Waals surface area (Å²) >= 11 is 5.94. The van der Waals surface area contributed by atoms with Gasteiger partial charge in [-0.05, 0) is 30.3 Å². The second-order valence-electron chi connectivity index (χ2n) is 8.09. The number of rotatable bonds is 10. The van der Waals surface area contributed by atoms with Crippen molar-refractivity contribution in [2.75, 3.05) is 13.1 Å². The van der Waals surface area contributed by atoms with E-state index < -0.39 is 17.2 Å². The first kappa shape index (κ1) is 23.9. The normalized spacial score (nSPS) is 13.4. The summed E-state index contributed by atoms with van der Waals surface area (Å²) in [7, 11) is 0. The molecule has 0 amide bonds. The maximum absolute atomic E-state index is 14.7. The zero-order valence-corrected chi connectivity index (χ0v) is 19.3. The Balaban J connectivity index is 1.52. The molecule has 0 spiro atoms. The Labute approximate surface area is 200 Å². The number of benzene rings is 2. The minimum atomic E-state index is -1.69. The molecule has 8 nitrogen and oxygen atoms in total. The smallest absolute Gasteiger partial charge is 0.137 e. The molecule has 0 aliphatic rings. The molecular formula is C23H24ClF2N7O. The number of aliphatic hydroxyl groups is 1. The lowest BCUT2D eigenvalue weighted by molar-refractivity contribution is -0.0227. The van der Waals surface area contributed by atoms with E-state index in [0.717, 1.165) is 17.7 Å². The largest absolute Gasteiger partial charge is 0.382 e. The van der Waals surface area contributed by atoms with Crippen molar-refractivity contribution < 1.29 is 13.9 Å². The number of hydrogen-bond acceptors (Lipinski definition) is 6. The van der Waals surface area contributed by atoms with Gasteiger partial charge in [0, 0.05) is 29.7 Å². The van der Waals surface area contributed by atoms with E-state index in [1.807, 2.05) is 42.3 Å². The van der Waals surface area contributed by atoms with E-state index in [1.54, 1.807) is 4.68 Å². The van der Waals surface area contributed by atoms with Gasteiger partial charge in [-0.2, -0.15) is 5.10 Å². The van der Waals surface area contributed by atoms with Gasteiger partial charge in [-0.15, -0.1) is 5.10 Å². The predicted octanol–water partition coefficient (Wildman–Crippen LogP) is 3.26. The molecule has 11 heteroatoms. The van der Waals surface area contributed by atoms with E-state index >= 15 is 0 Å². The quantitative estimate of drug-likeness (QED) is 0.369. The Morgan fingerprint density at radius 2 is 1.91 bits per heavy atom. The minimum Gasteiger partial charge on any atom is -0.382 e. The van der Waals surface area contributed by atoms with Crippen LogP contribution in [0.4, 0.5) is 8.78 Å². The van der Waals surface area contributed by atoms with Crippen molar-refractivity contribution in [1.82, 2.24) is 34.7 Å². The molecule has 0 aliphatic carbocycles. The van der Waals surface area contributed by atoms with E-state index in [9.17, 15) is 13.9 Å². The van der Waals surface area contributed by atoms with Crippen LogP contribution in [-0.4, -0.2) is 52.9 Å². The van der Waals surface area contributed by atoms with Crippen LogP contribution >= 0.6 is 11.6 Å². The standard InChI is InChI=1S/C23H24ClF2N7O/c1-2-31(11-20-12-32(30-29-20)10-17-3-5-18(24)6-4-17)13-23(34,14-33-16-27-15-28-33)21-8-7-19(25)9-22(21)26/h3-9,12,15-16,34H,2,10-11,13-14H2,1H3. The first-order valence-corrected chi connectivity index (χ1v) is 11.1. The van der Waals surface area contributed by atoms with Gasteiger partial charge in [-0.3, -0.25) is 4.90 Å². The maximum Gasteiger partial charge on any atom is 0.137 e. The predicted molar refractivity (Wildman–Crippen MR) is 122 cm³/mol. The van der Waals surface area contributed by atoms with Crippen molar-refractivity contribution >= 4 is 11.6 Å². The molecule has 1 atom stereocenters. The number of hydrogen-bond donors (Lipinski definition) is 1. The van der Waals surface area contributed by atoms with Crippen LogP contribution in [0.1, 0.15) is 23.7 Å². The van der Waals surface area contributed by atoms with Crippen molar-refractivity contribution in [3.8, 4) is 0 Å². The Bertz CT molecular complexity index is 1220. The van der Waals surface area contributed by atoms with E-state index in [0.29, 0.717) is 30.4 Å². The molecule has 1 N–H and O–H groups in total. The van der Waals surface area contributed by atoms with Crippen LogP contribution in [-0.2, 0) is 25.2 Å². The number of aromatic nitrogens is 6. The molecule has 34 heavy (non-hydrogen) atoms. The summed E-state index contributed by atoms with van der Waals surface area (Å²) in [5.41, 5.74) is 0.00998. The number of halogens is 3. The molecule has 0 saturated carbocycles.